The fraction of sp³-hybridized carbons (Fsp3) is 0.766. The summed E-state index contributed by atoms with van der Waals surface area (Å²) in [7, 11) is 0. The second-order valence-corrected chi connectivity index (χ2v) is 14.6. The third kappa shape index (κ3) is 40.4. The minimum absolute atomic E-state index is 0.0799. The highest BCUT2D eigenvalue weighted by Crippen LogP contribution is 2.13. The lowest BCUT2D eigenvalue weighted by Gasteiger charge is -2.18. The predicted octanol–water partition coefficient (Wildman–Crippen LogP) is 14.0. The highest BCUT2D eigenvalue weighted by Gasteiger charge is 2.19. The number of unbranched alkanes of at least 4 members (excludes halogenated alkanes) is 20. The van der Waals surface area contributed by atoms with Gasteiger partial charge in [0, 0.05) is 19.3 Å². The van der Waals surface area contributed by atoms with Gasteiger partial charge in [-0.05, 0) is 77.0 Å². The van der Waals surface area contributed by atoms with Crippen LogP contribution < -0.4 is 0 Å². The van der Waals surface area contributed by atoms with E-state index in [4.69, 9.17) is 14.2 Å². The molecule has 0 saturated carbocycles. The van der Waals surface area contributed by atoms with Crippen molar-refractivity contribution >= 4 is 17.9 Å². The van der Waals surface area contributed by atoms with Gasteiger partial charge in [-0.1, -0.05) is 166 Å². The summed E-state index contributed by atoms with van der Waals surface area (Å²) in [5, 5.41) is 0. The first-order valence-electron chi connectivity index (χ1n) is 22.1. The summed E-state index contributed by atoms with van der Waals surface area (Å²) in [6, 6.07) is 0. The largest absolute Gasteiger partial charge is 0.462 e. The first kappa shape index (κ1) is 50.4. The molecule has 1 atom stereocenters. The fourth-order valence-electron chi connectivity index (χ4n) is 5.98. The summed E-state index contributed by atoms with van der Waals surface area (Å²) in [6.07, 6.45) is 48.2. The second kappa shape index (κ2) is 42.1. The number of hydrogen-bond donors (Lipinski definition) is 0. The SMILES string of the molecule is CC/C=C\C/C=C\C/C=C\CCCCCCCCCC(=O)OCC(COC(=O)CCCCCCCC)OC(=O)CCCCCCC/C=C\CCCCC. The summed E-state index contributed by atoms with van der Waals surface area (Å²) in [5.74, 6) is -0.911. The van der Waals surface area contributed by atoms with Crippen molar-refractivity contribution < 1.29 is 28.6 Å². The average molecular weight is 743 g/mol. The molecule has 0 amide bonds. The van der Waals surface area contributed by atoms with E-state index < -0.39 is 6.10 Å². The van der Waals surface area contributed by atoms with Crippen LogP contribution in [0.1, 0.15) is 213 Å². The van der Waals surface area contributed by atoms with Crippen molar-refractivity contribution in [1.82, 2.24) is 0 Å². The van der Waals surface area contributed by atoms with Gasteiger partial charge in [0.15, 0.2) is 6.10 Å². The Labute approximate surface area is 327 Å². The highest BCUT2D eigenvalue weighted by molar-refractivity contribution is 5.71. The first-order valence-corrected chi connectivity index (χ1v) is 22.1. The zero-order valence-corrected chi connectivity index (χ0v) is 34.8. The lowest BCUT2D eigenvalue weighted by atomic mass is 10.1. The van der Waals surface area contributed by atoms with Gasteiger partial charge in [0.05, 0.1) is 0 Å². The fourth-order valence-corrected chi connectivity index (χ4v) is 5.98. The molecule has 0 fully saturated rings. The lowest BCUT2D eigenvalue weighted by Crippen LogP contribution is -2.30. The Morgan fingerprint density at radius 1 is 0.396 bits per heavy atom. The van der Waals surface area contributed by atoms with Crippen molar-refractivity contribution in [2.24, 2.45) is 0 Å². The molecule has 0 rings (SSSR count). The summed E-state index contributed by atoms with van der Waals surface area (Å²) in [6.45, 7) is 6.41. The molecule has 306 valence electrons. The number of allylic oxidation sites excluding steroid dienone is 8. The molecule has 53 heavy (non-hydrogen) atoms. The predicted molar refractivity (Wildman–Crippen MR) is 224 cm³/mol. The molecule has 0 heterocycles. The van der Waals surface area contributed by atoms with Gasteiger partial charge in [0.1, 0.15) is 13.2 Å². The van der Waals surface area contributed by atoms with Gasteiger partial charge in [-0.25, -0.2) is 0 Å². The normalized spacial score (nSPS) is 12.4. The van der Waals surface area contributed by atoms with E-state index in [1.807, 2.05) is 0 Å². The number of ether oxygens (including phenoxy) is 3. The van der Waals surface area contributed by atoms with Crippen LogP contribution in [0.5, 0.6) is 0 Å². The third-order valence-corrected chi connectivity index (χ3v) is 9.32. The summed E-state index contributed by atoms with van der Waals surface area (Å²) in [5.41, 5.74) is 0. The Hall–Kier alpha value is -2.63. The van der Waals surface area contributed by atoms with Crippen LogP contribution >= 0.6 is 0 Å². The van der Waals surface area contributed by atoms with E-state index in [1.54, 1.807) is 0 Å². The van der Waals surface area contributed by atoms with Gasteiger partial charge in [0.2, 0.25) is 0 Å². The van der Waals surface area contributed by atoms with Gasteiger partial charge in [0.25, 0.3) is 0 Å². The second-order valence-electron chi connectivity index (χ2n) is 14.6. The van der Waals surface area contributed by atoms with E-state index in [9.17, 15) is 14.4 Å². The molecule has 0 aliphatic carbocycles. The summed E-state index contributed by atoms with van der Waals surface area (Å²) >= 11 is 0. The van der Waals surface area contributed by atoms with E-state index in [1.165, 1.54) is 77.0 Å². The Balaban J connectivity index is 4.28. The van der Waals surface area contributed by atoms with E-state index in [-0.39, 0.29) is 31.1 Å². The maximum absolute atomic E-state index is 12.6. The van der Waals surface area contributed by atoms with E-state index in [2.05, 4.69) is 69.4 Å². The molecule has 1 unspecified atom stereocenters. The molecular formula is C47H82O6. The third-order valence-electron chi connectivity index (χ3n) is 9.32. The van der Waals surface area contributed by atoms with Crippen LogP contribution in [0.3, 0.4) is 0 Å². The molecule has 0 aliphatic heterocycles. The smallest absolute Gasteiger partial charge is 0.306 e. The van der Waals surface area contributed by atoms with Gasteiger partial charge in [-0.2, -0.15) is 0 Å². The zero-order valence-electron chi connectivity index (χ0n) is 34.8. The van der Waals surface area contributed by atoms with Crippen molar-refractivity contribution in [3.05, 3.63) is 48.6 Å². The van der Waals surface area contributed by atoms with Crippen molar-refractivity contribution in [3.63, 3.8) is 0 Å². The minimum atomic E-state index is -0.775. The van der Waals surface area contributed by atoms with E-state index in [0.29, 0.717) is 19.3 Å². The number of hydrogen-bond acceptors (Lipinski definition) is 6. The maximum atomic E-state index is 12.6. The quantitative estimate of drug-likeness (QED) is 0.0270. The van der Waals surface area contributed by atoms with Crippen LogP contribution in [-0.2, 0) is 28.6 Å². The number of esters is 3. The van der Waals surface area contributed by atoms with Crippen molar-refractivity contribution in [1.29, 1.82) is 0 Å². The number of carbonyl (C=O) groups is 3. The maximum Gasteiger partial charge on any atom is 0.306 e. The van der Waals surface area contributed by atoms with Crippen molar-refractivity contribution in [2.45, 2.75) is 219 Å². The van der Waals surface area contributed by atoms with Crippen LogP contribution in [0.2, 0.25) is 0 Å². The molecule has 0 aromatic rings. The highest BCUT2D eigenvalue weighted by atomic mass is 16.6. The Morgan fingerprint density at radius 2 is 0.736 bits per heavy atom. The minimum Gasteiger partial charge on any atom is -0.462 e. The monoisotopic (exact) mass is 743 g/mol. The summed E-state index contributed by atoms with van der Waals surface area (Å²) < 4.78 is 16.6. The molecular weight excluding hydrogens is 661 g/mol. The molecule has 6 nitrogen and oxygen atoms in total. The molecule has 0 bridgehead atoms. The Bertz CT molecular complexity index is 949. The van der Waals surface area contributed by atoms with Gasteiger partial charge >= 0.3 is 17.9 Å². The molecule has 0 N–H and O–H groups in total. The topological polar surface area (TPSA) is 78.9 Å². The number of carbonyl (C=O) groups excluding carboxylic acids is 3. The molecule has 0 aliphatic rings. The zero-order chi connectivity index (χ0) is 38.7. The molecule has 0 radical (unpaired) electrons. The molecule has 6 heteroatoms. The van der Waals surface area contributed by atoms with Crippen LogP contribution in [-0.4, -0.2) is 37.2 Å². The lowest BCUT2D eigenvalue weighted by molar-refractivity contribution is -0.167. The molecule has 0 aromatic heterocycles. The van der Waals surface area contributed by atoms with E-state index in [0.717, 1.165) is 96.3 Å². The summed E-state index contributed by atoms with van der Waals surface area (Å²) in [4.78, 5) is 37.5. The Kier molecular flexibility index (Phi) is 40.0. The first-order chi connectivity index (χ1) is 26.0. The average Bonchev–Trinajstić information content (AvgIpc) is 3.15. The molecule has 0 saturated heterocycles. The molecule has 0 aromatic carbocycles. The van der Waals surface area contributed by atoms with Crippen molar-refractivity contribution in [3.8, 4) is 0 Å². The van der Waals surface area contributed by atoms with Crippen LogP contribution in [0.25, 0.3) is 0 Å². The standard InChI is InChI=1S/C47H82O6/c1-4-7-10-13-16-18-20-22-23-24-25-26-28-29-31-34-37-40-46(49)52-43-44(42-51-45(48)39-36-33-15-12-9-6-3)53-47(50)41-38-35-32-30-27-21-19-17-14-11-8-5-2/h7,10,16-19,22-23,44H,4-6,8-9,11-15,20-21,24-43H2,1-3H3/b10-7-,18-16-,19-17-,23-22-. The van der Waals surface area contributed by atoms with Gasteiger partial charge < -0.3 is 14.2 Å². The van der Waals surface area contributed by atoms with Gasteiger partial charge in [-0.15, -0.1) is 0 Å². The van der Waals surface area contributed by atoms with Crippen LogP contribution in [0.15, 0.2) is 48.6 Å². The van der Waals surface area contributed by atoms with Crippen LogP contribution in [0.4, 0.5) is 0 Å². The van der Waals surface area contributed by atoms with Crippen LogP contribution in [0, 0.1) is 0 Å². The molecule has 0 spiro atoms. The van der Waals surface area contributed by atoms with E-state index >= 15 is 0 Å². The Morgan fingerprint density at radius 3 is 1.21 bits per heavy atom. The number of rotatable bonds is 39. The van der Waals surface area contributed by atoms with Gasteiger partial charge in [-0.3, -0.25) is 14.4 Å². The van der Waals surface area contributed by atoms with Crippen molar-refractivity contribution in [2.75, 3.05) is 13.2 Å².